The van der Waals surface area contributed by atoms with Crippen molar-refractivity contribution in [3.8, 4) is 17.3 Å². The number of anilines is 2. The van der Waals surface area contributed by atoms with Crippen molar-refractivity contribution in [2.24, 2.45) is 0 Å². The SMILES string of the molecule is COc1cccnc1-c1nc(N)nc(N2CCOCC2)n1. The number of nitrogen functional groups attached to an aromatic ring is 1. The molecule has 2 aromatic heterocycles. The van der Waals surface area contributed by atoms with Gasteiger partial charge < -0.3 is 20.1 Å². The van der Waals surface area contributed by atoms with E-state index < -0.39 is 0 Å². The second-order valence-electron chi connectivity index (χ2n) is 4.47. The predicted octanol–water partition coefficient (Wildman–Crippen LogP) is 0.361. The van der Waals surface area contributed by atoms with Crippen LogP contribution in [0.2, 0.25) is 0 Å². The fourth-order valence-corrected chi connectivity index (χ4v) is 2.11. The van der Waals surface area contributed by atoms with Crippen LogP contribution in [0.3, 0.4) is 0 Å². The van der Waals surface area contributed by atoms with Crippen LogP contribution in [0.25, 0.3) is 11.5 Å². The fourth-order valence-electron chi connectivity index (χ4n) is 2.11. The van der Waals surface area contributed by atoms with E-state index in [9.17, 15) is 0 Å². The van der Waals surface area contributed by atoms with Gasteiger partial charge in [0, 0.05) is 19.3 Å². The average Bonchev–Trinajstić information content (AvgIpc) is 2.55. The summed E-state index contributed by atoms with van der Waals surface area (Å²) in [5.74, 6) is 1.69. The topological polar surface area (TPSA) is 99.3 Å². The lowest BCUT2D eigenvalue weighted by atomic mass is 10.3. The second kappa shape index (κ2) is 5.88. The molecule has 21 heavy (non-hydrogen) atoms. The smallest absolute Gasteiger partial charge is 0.230 e. The Morgan fingerprint density at radius 2 is 2.05 bits per heavy atom. The molecule has 0 radical (unpaired) electrons. The van der Waals surface area contributed by atoms with E-state index in [4.69, 9.17) is 15.2 Å². The van der Waals surface area contributed by atoms with Crippen molar-refractivity contribution in [2.75, 3.05) is 44.0 Å². The lowest BCUT2D eigenvalue weighted by molar-refractivity contribution is 0.122. The van der Waals surface area contributed by atoms with Gasteiger partial charge in [0.25, 0.3) is 0 Å². The van der Waals surface area contributed by atoms with Gasteiger partial charge in [0.15, 0.2) is 5.82 Å². The van der Waals surface area contributed by atoms with Crippen LogP contribution in [-0.2, 0) is 4.74 Å². The lowest BCUT2D eigenvalue weighted by Crippen LogP contribution is -2.37. The molecular formula is C13H16N6O2. The molecule has 3 heterocycles. The Balaban J connectivity index is 2.01. The van der Waals surface area contributed by atoms with Crippen LogP contribution in [0.15, 0.2) is 18.3 Å². The summed E-state index contributed by atoms with van der Waals surface area (Å²) in [6.07, 6.45) is 1.66. The zero-order chi connectivity index (χ0) is 14.7. The van der Waals surface area contributed by atoms with Crippen LogP contribution in [0.5, 0.6) is 5.75 Å². The zero-order valence-corrected chi connectivity index (χ0v) is 11.7. The minimum Gasteiger partial charge on any atom is -0.494 e. The number of aromatic nitrogens is 4. The quantitative estimate of drug-likeness (QED) is 0.864. The molecule has 0 saturated carbocycles. The third kappa shape index (κ3) is 2.84. The summed E-state index contributed by atoms with van der Waals surface area (Å²) in [5, 5.41) is 0. The lowest BCUT2D eigenvalue weighted by Gasteiger charge is -2.26. The summed E-state index contributed by atoms with van der Waals surface area (Å²) in [5.41, 5.74) is 6.35. The molecule has 0 unspecified atom stereocenters. The Hall–Kier alpha value is -2.48. The molecule has 0 spiro atoms. The normalized spacial score (nSPS) is 15.0. The molecule has 2 aromatic rings. The van der Waals surface area contributed by atoms with E-state index in [2.05, 4.69) is 19.9 Å². The van der Waals surface area contributed by atoms with Gasteiger partial charge in [0.05, 0.1) is 20.3 Å². The van der Waals surface area contributed by atoms with Crippen LogP contribution < -0.4 is 15.4 Å². The number of hydrogen-bond donors (Lipinski definition) is 1. The summed E-state index contributed by atoms with van der Waals surface area (Å²) in [6.45, 7) is 2.74. The highest BCUT2D eigenvalue weighted by Crippen LogP contribution is 2.25. The average molecular weight is 288 g/mol. The Kier molecular flexibility index (Phi) is 3.78. The third-order valence-electron chi connectivity index (χ3n) is 3.14. The van der Waals surface area contributed by atoms with Gasteiger partial charge >= 0.3 is 0 Å². The number of morpholine rings is 1. The Bertz CT molecular complexity index is 630. The first kappa shape index (κ1) is 13.5. The van der Waals surface area contributed by atoms with Crippen molar-refractivity contribution in [1.29, 1.82) is 0 Å². The standard InChI is InChI=1S/C13H16N6O2/c1-20-9-3-2-4-15-10(9)11-16-12(14)18-13(17-11)19-5-7-21-8-6-19/h2-4H,5-8H2,1H3,(H2,14,16,17,18). The molecule has 110 valence electrons. The van der Waals surface area contributed by atoms with Crippen molar-refractivity contribution in [3.05, 3.63) is 18.3 Å². The zero-order valence-electron chi connectivity index (χ0n) is 11.7. The molecule has 0 atom stereocenters. The number of nitrogens with two attached hydrogens (primary N) is 1. The monoisotopic (exact) mass is 288 g/mol. The van der Waals surface area contributed by atoms with Gasteiger partial charge in [-0.25, -0.2) is 4.98 Å². The number of ether oxygens (including phenoxy) is 2. The minimum atomic E-state index is 0.161. The number of methoxy groups -OCH3 is 1. The van der Waals surface area contributed by atoms with E-state index in [-0.39, 0.29) is 5.95 Å². The Morgan fingerprint density at radius 1 is 1.24 bits per heavy atom. The van der Waals surface area contributed by atoms with Gasteiger partial charge in [-0.1, -0.05) is 0 Å². The summed E-state index contributed by atoms with van der Waals surface area (Å²) in [6, 6.07) is 3.59. The molecule has 1 saturated heterocycles. The van der Waals surface area contributed by atoms with Crippen molar-refractivity contribution >= 4 is 11.9 Å². The van der Waals surface area contributed by atoms with Crippen molar-refractivity contribution in [3.63, 3.8) is 0 Å². The molecule has 1 aliphatic heterocycles. The van der Waals surface area contributed by atoms with E-state index in [0.717, 1.165) is 13.1 Å². The first-order valence-electron chi connectivity index (χ1n) is 6.61. The first-order valence-corrected chi connectivity index (χ1v) is 6.61. The molecular weight excluding hydrogens is 272 g/mol. The third-order valence-corrected chi connectivity index (χ3v) is 3.14. The van der Waals surface area contributed by atoms with E-state index in [1.807, 2.05) is 4.90 Å². The molecule has 0 amide bonds. The minimum absolute atomic E-state index is 0.161. The van der Waals surface area contributed by atoms with Crippen LogP contribution >= 0.6 is 0 Å². The van der Waals surface area contributed by atoms with Crippen molar-refractivity contribution < 1.29 is 9.47 Å². The van der Waals surface area contributed by atoms with Crippen LogP contribution in [0.1, 0.15) is 0 Å². The molecule has 1 aliphatic rings. The van der Waals surface area contributed by atoms with Gasteiger partial charge in [-0.05, 0) is 12.1 Å². The van der Waals surface area contributed by atoms with Crippen molar-refractivity contribution in [2.45, 2.75) is 0 Å². The van der Waals surface area contributed by atoms with E-state index in [0.29, 0.717) is 36.4 Å². The van der Waals surface area contributed by atoms with Crippen LogP contribution in [0.4, 0.5) is 11.9 Å². The number of rotatable bonds is 3. The highest BCUT2D eigenvalue weighted by Gasteiger charge is 2.18. The summed E-state index contributed by atoms with van der Waals surface area (Å²) in [7, 11) is 1.58. The Labute approximate surface area is 122 Å². The Morgan fingerprint density at radius 3 is 2.81 bits per heavy atom. The molecule has 8 heteroatoms. The second-order valence-corrected chi connectivity index (χ2v) is 4.47. The van der Waals surface area contributed by atoms with Crippen molar-refractivity contribution in [1.82, 2.24) is 19.9 Å². The number of hydrogen-bond acceptors (Lipinski definition) is 8. The van der Waals surface area contributed by atoms with Gasteiger partial charge in [-0.2, -0.15) is 15.0 Å². The van der Waals surface area contributed by atoms with Gasteiger partial charge in [-0.15, -0.1) is 0 Å². The van der Waals surface area contributed by atoms with E-state index in [1.165, 1.54) is 0 Å². The maximum atomic E-state index is 5.81. The molecule has 2 N–H and O–H groups in total. The number of nitrogens with zero attached hydrogens (tertiary/aromatic N) is 5. The first-order chi connectivity index (χ1) is 10.3. The van der Waals surface area contributed by atoms with Gasteiger partial charge in [0.2, 0.25) is 11.9 Å². The molecule has 8 nitrogen and oxygen atoms in total. The molecule has 0 aromatic carbocycles. The maximum absolute atomic E-state index is 5.81. The predicted molar refractivity (Wildman–Crippen MR) is 77.1 cm³/mol. The molecule has 1 fully saturated rings. The summed E-state index contributed by atoms with van der Waals surface area (Å²) >= 11 is 0. The molecule has 0 bridgehead atoms. The largest absolute Gasteiger partial charge is 0.494 e. The van der Waals surface area contributed by atoms with Gasteiger partial charge in [-0.3, -0.25) is 0 Å². The van der Waals surface area contributed by atoms with Crippen LogP contribution in [0, 0.1) is 0 Å². The van der Waals surface area contributed by atoms with E-state index in [1.54, 1.807) is 25.4 Å². The molecule has 0 aliphatic carbocycles. The highest BCUT2D eigenvalue weighted by molar-refractivity contribution is 5.61. The highest BCUT2D eigenvalue weighted by atomic mass is 16.5. The van der Waals surface area contributed by atoms with Crippen LogP contribution in [-0.4, -0.2) is 53.3 Å². The number of pyridine rings is 1. The summed E-state index contributed by atoms with van der Waals surface area (Å²) in [4.78, 5) is 19.1. The summed E-state index contributed by atoms with van der Waals surface area (Å²) < 4.78 is 10.6. The van der Waals surface area contributed by atoms with Gasteiger partial charge in [0.1, 0.15) is 11.4 Å². The molecule has 3 rings (SSSR count). The maximum Gasteiger partial charge on any atom is 0.230 e. The van der Waals surface area contributed by atoms with E-state index >= 15 is 0 Å². The fraction of sp³-hybridized carbons (Fsp3) is 0.385.